The summed E-state index contributed by atoms with van der Waals surface area (Å²) >= 11 is 1.25. The highest BCUT2D eigenvalue weighted by Gasteiger charge is 2.37. The molecule has 7 heteroatoms. The normalized spacial score (nSPS) is 29.9. The molecular weight excluding hydrogens is 352 g/mol. The smallest absolute Gasteiger partial charge is 0.263 e. The lowest BCUT2D eigenvalue weighted by Gasteiger charge is -2.37. The lowest BCUT2D eigenvalue weighted by molar-refractivity contribution is -0.0726. The maximum Gasteiger partial charge on any atom is 0.263 e. The van der Waals surface area contributed by atoms with E-state index in [-0.39, 0.29) is 42.3 Å². The Labute approximate surface area is 158 Å². The minimum absolute atomic E-state index is 0.0165. The van der Waals surface area contributed by atoms with Gasteiger partial charge in [-0.2, -0.15) is 0 Å². The van der Waals surface area contributed by atoms with Crippen LogP contribution < -0.4 is 0 Å². The zero-order chi connectivity index (χ0) is 18.8. The highest BCUT2D eigenvalue weighted by Crippen LogP contribution is 2.28. The Balaban J connectivity index is 1.64. The van der Waals surface area contributed by atoms with E-state index in [0.29, 0.717) is 22.8 Å². The quantitative estimate of drug-likeness (QED) is 0.788. The van der Waals surface area contributed by atoms with Crippen molar-refractivity contribution in [2.75, 3.05) is 39.3 Å². The monoisotopic (exact) mass is 380 g/mol. The Morgan fingerprint density at radius 3 is 2.31 bits per heavy atom. The third kappa shape index (κ3) is 4.34. The average Bonchev–Trinajstić information content (AvgIpc) is 3.20. The molecule has 2 saturated heterocycles. The highest BCUT2D eigenvalue weighted by molar-refractivity contribution is 7.15. The molecule has 26 heavy (non-hydrogen) atoms. The Kier molecular flexibility index (Phi) is 6.12. The van der Waals surface area contributed by atoms with E-state index < -0.39 is 0 Å². The molecule has 3 rings (SSSR count). The molecule has 3 heterocycles. The number of carbonyl (C=O) groups is 2. The molecule has 4 unspecified atom stereocenters. The lowest BCUT2D eigenvalue weighted by atomic mass is 9.96. The average molecular weight is 381 g/mol. The van der Waals surface area contributed by atoms with Gasteiger partial charge in [0.25, 0.3) is 5.91 Å². The summed E-state index contributed by atoms with van der Waals surface area (Å²) in [5.74, 6) is 0.303. The van der Waals surface area contributed by atoms with E-state index in [1.54, 1.807) is 12.1 Å². The number of Topliss-reactive ketones (excluding diaryl/α,β-unsaturated/α-hetero) is 1. The van der Waals surface area contributed by atoms with Crippen LogP contribution in [-0.2, 0) is 4.74 Å². The van der Waals surface area contributed by atoms with Crippen LogP contribution in [-0.4, -0.2) is 78.1 Å². The van der Waals surface area contributed by atoms with Crippen molar-refractivity contribution in [3.05, 3.63) is 21.9 Å². The summed E-state index contributed by atoms with van der Waals surface area (Å²) in [6, 6.07) is 3.45. The number of nitrogens with zero attached hydrogens (tertiary/aromatic N) is 2. The van der Waals surface area contributed by atoms with E-state index >= 15 is 0 Å². The van der Waals surface area contributed by atoms with Crippen molar-refractivity contribution in [1.82, 2.24) is 9.80 Å². The van der Waals surface area contributed by atoms with Crippen molar-refractivity contribution in [3.63, 3.8) is 0 Å². The number of rotatable bonds is 5. The van der Waals surface area contributed by atoms with Crippen molar-refractivity contribution in [3.8, 4) is 0 Å². The van der Waals surface area contributed by atoms with Crippen LogP contribution in [0, 0.1) is 11.8 Å². The summed E-state index contributed by atoms with van der Waals surface area (Å²) in [4.78, 5) is 29.7. The standard InChI is InChI=1S/C19H28N2O4S/c1-12-6-20(7-13(2)25-12)8-15-9-21(10-16(15)11-22)19(24)18-5-4-17(26-18)14(3)23/h4-5,12-13,15-16,22H,6-11H2,1-3H3. The third-order valence-electron chi connectivity index (χ3n) is 5.25. The molecule has 0 radical (unpaired) electrons. The Morgan fingerprint density at radius 1 is 1.12 bits per heavy atom. The highest BCUT2D eigenvalue weighted by atomic mass is 32.1. The Hall–Kier alpha value is -1.28. The van der Waals surface area contributed by atoms with Crippen molar-refractivity contribution < 1.29 is 19.4 Å². The predicted octanol–water partition coefficient (Wildman–Crippen LogP) is 1.74. The molecule has 2 aliphatic rings. The number of thiophene rings is 1. The van der Waals surface area contributed by atoms with Crippen molar-refractivity contribution >= 4 is 23.0 Å². The van der Waals surface area contributed by atoms with E-state index in [4.69, 9.17) is 4.74 Å². The van der Waals surface area contributed by atoms with E-state index in [9.17, 15) is 14.7 Å². The van der Waals surface area contributed by atoms with Crippen molar-refractivity contribution in [1.29, 1.82) is 0 Å². The second-order valence-corrected chi connectivity index (χ2v) is 8.69. The van der Waals surface area contributed by atoms with Gasteiger partial charge in [0.15, 0.2) is 5.78 Å². The van der Waals surface area contributed by atoms with Crippen LogP contribution in [0.15, 0.2) is 12.1 Å². The van der Waals surface area contributed by atoms with Gasteiger partial charge >= 0.3 is 0 Å². The third-order valence-corrected chi connectivity index (χ3v) is 6.42. The van der Waals surface area contributed by atoms with Gasteiger partial charge in [0, 0.05) is 45.2 Å². The maximum absolute atomic E-state index is 12.8. The summed E-state index contributed by atoms with van der Waals surface area (Å²) in [6.07, 6.45) is 0.420. The lowest BCUT2D eigenvalue weighted by Crippen LogP contribution is -2.48. The van der Waals surface area contributed by atoms with Gasteiger partial charge in [-0.15, -0.1) is 11.3 Å². The SMILES string of the molecule is CC(=O)c1ccc(C(=O)N2CC(CO)C(CN3CC(C)OC(C)C3)C2)s1. The number of hydrogen-bond donors (Lipinski definition) is 1. The summed E-state index contributed by atoms with van der Waals surface area (Å²) < 4.78 is 5.79. The van der Waals surface area contributed by atoms with E-state index in [1.165, 1.54) is 18.3 Å². The molecule has 2 aliphatic heterocycles. The summed E-state index contributed by atoms with van der Waals surface area (Å²) in [7, 11) is 0. The second-order valence-electron chi connectivity index (χ2n) is 7.61. The molecule has 1 aromatic rings. The number of morpholine rings is 1. The fourth-order valence-electron chi connectivity index (χ4n) is 4.08. The van der Waals surface area contributed by atoms with Gasteiger partial charge in [0.2, 0.25) is 0 Å². The maximum atomic E-state index is 12.8. The predicted molar refractivity (Wildman–Crippen MR) is 101 cm³/mol. The van der Waals surface area contributed by atoms with Crippen LogP contribution in [0.3, 0.4) is 0 Å². The number of hydrogen-bond acceptors (Lipinski definition) is 6. The van der Waals surface area contributed by atoms with Gasteiger partial charge in [0.05, 0.1) is 22.0 Å². The van der Waals surface area contributed by atoms with Gasteiger partial charge in [-0.25, -0.2) is 0 Å². The minimum Gasteiger partial charge on any atom is -0.396 e. The molecule has 0 bridgehead atoms. The minimum atomic E-state index is -0.0350. The number of aliphatic hydroxyl groups excluding tert-OH is 1. The van der Waals surface area contributed by atoms with Gasteiger partial charge in [-0.1, -0.05) is 0 Å². The molecule has 0 aromatic carbocycles. The molecule has 1 aromatic heterocycles. The van der Waals surface area contributed by atoms with Crippen molar-refractivity contribution in [2.45, 2.75) is 33.0 Å². The zero-order valence-electron chi connectivity index (χ0n) is 15.7. The van der Waals surface area contributed by atoms with Gasteiger partial charge in [-0.3, -0.25) is 14.5 Å². The Bertz CT molecular complexity index is 652. The first-order valence-electron chi connectivity index (χ1n) is 9.26. The zero-order valence-corrected chi connectivity index (χ0v) is 16.5. The number of aliphatic hydroxyl groups is 1. The number of amides is 1. The van der Waals surface area contributed by atoms with Crippen LogP contribution >= 0.6 is 11.3 Å². The van der Waals surface area contributed by atoms with Gasteiger partial charge < -0.3 is 14.7 Å². The van der Waals surface area contributed by atoms with E-state index in [1.807, 2.05) is 4.90 Å². The van der Waals surface area contributed by atoms with Crippen LogP contribution in [0.2, 0.25) is 0 Å². The molecule has 2 fully saturated rings. The van der Waals surface area contributed by atoms with Crippen molar-refractivity contribution in [2.24, 2.45) is 11.8 Å². The second kappa shape index (κ2) is 8.17. The number of carbonyl (C=O) groups excluding carboxylic acids is 2. The number of likely N-dealkylation sites (tertiary alicyclic amines) is 1. The number of ketones is 1. The van der Waals surface area contributed by atoms with Gasteiger partial charge in [0.1, 0.15) is 0 Å². The number of ether oxygens (including phenoxy) is 1. The van der Waals surface area contributed by atoms with Crippen LogP contribution in [0.5, 0.6) is 0 Å². The topological polar surface area (TPSA) is 70.1 Å². The van der Waals surface area contributed by atoms with E-state index in [0.717, 1.165) is 19.6 Å². The first-order valence-corrected chi connectivity index (χ1v) is 10.1. The molecule has 0 saturated carbocycles. The Morgan fingerprint density at radius 2 is 1.73 bits per heavy atom. The van der Waals surface area contributed by atoms with Crippen LogP contribution in [0.25, 0.3) is 0 Å². The fraction of sp³-hybridized carbons (Fsp3) is 0.684. The summed E-state index contributed by atoms with van der Waals surface area (Å²) in [5.41, 5.74) is 0. The molecular formula is C19H28N2O4S. The first kappa shape index (κ1) is 19.5. The fourth-order valence-corrected chi connectivity index (χ4v) is 4.95. The molecule has 0 aliphatic carbocycles. The first-order chi connectivity index (χ1) is 12.4. The van der Waals surface area contributed by atoms with Gasteiger partial charge in [-0.05, 0) is 38.8 Å². The largest absolute Gasteiger partial charge is 0.396 e. The van der Waals surface area contributed by atoms with Crippen LogP contribution in [0.1, 0.15) is 40.1 Å². The summed E-state index contributed by atoms with van der Waals surface area (Å²) in [5, 5.41) is 9.79. The summed E-state index contributed by atoms with van der Waals surface area (Å²) in [6.45, 7) is 9.64. The molecule has 6 nitrogen and oxygen atoms in total. The molecule has 144 valence electrons. The van der Waals surface area contributed by atoms with Crippen LogP contribution in [0.4, 0.5) is 0 Å². The molecule has 1 N–H and O–H groups in total. The molecule has 4 atom stereocenters. The van der Waals surface area contributed by atoms with E-state index in [2.05, 4.69) is 18.7 Å². The molecule has 0 spiro atoms. The molecule has 1 amide bonds.